The fourth-order valence-corrected chi connectivity index (χ4v) is 6.86. The average molecular weight is 989 g/mol. The van der Waals surface area contributed by atoms with Crippen molar-refractivity contribution in [3.05, 3.63) is 112 Å². The first-order valence-electron chi connectivity index (χ1n) is 23.1. The Morgan fingerprint density at radius 3 is 2.06 bits per heavy atom. The van der Waals surface area contributed by atoms with E-state index in [9.17, 15) is 19.2 Å². The van der Waals surface area contributed by atoms with E-state index in [0.717, 1.165) is 31.4 Å². The highest BCUT2D eigenvalue weighted by atomic mass is 16.5. The largest absolute Gasteiger partial charge is 0.492 e. The highest BCUT2D eigenvalue weighted by Crippen LogP contribution is 2.28. The van der Waals surface area contributed by atoms with Crippen LogP contribution in [0.4, 0.5) is 11.9 Å². The van der Waals surface area contributed by atoms with Crippen LogP contribution < -0.4 is 33.3 Å². The Bertz CT molecular complexity index is 2870. The smallest absolute Gasteiger partial charge is 0.276 e. The number of carbonyl (C=O) groups is 5. The van der Waals surface area contributed by atoms with Crippen molar-refractivity contribution in [2.45, 2.75) is 93.9 Å². The third-order valence-electron chi connectivity index (χ3n) is 10.4. The Labute approximate surface area is 420 Å². The number of pyridine rings is 1. The number of nitrogens with two attached hydrogens (primary N) is 3. The van der Waals surface area contributed by atoms with Crippen LogP contribution in [0.15, 0.2) is 72.1 Å². The van der Waals surface area contributed by atoms with Gasteiger partial charge in [-0.25, -0.2) is 20.0 Å². The fourth-order valence-electron chi connectivity index (χ4n) is 6.86. The van der Waals surface area contributed by atoms with Crippen molar-refractivity contribution >= 4 is 65.3 Å². The lowest BCUT2D eigenvalue weighted by molar-refractivity contribution is -0.113. The molecule has 0 saturated carbocycles. The van der Waals surface area contributed by atoms with E-state index in [-0.39, 0.29) is 30.5 Å². The number of terminal acetylenes is 1. The van der Waals surface area contributed by atoms with Crippen LogP contribution in [0.25, 0.3) is 23.0 Å². The minimum atomic E-state index is -0.672. The standard InChI is InChI=1S/C39H49N13O5.C10H17N3.CH2O/c1-8-12-17-57-31(9-2)33-27(13-14-32(40)53)43-38(45-36(55)29-18-24(6)47-51(29)10-3)49(33)16-15-23(5)22-50-35-28(20-26(21-42-35)34(41)54)44-39(50)46-37(56)30-19-25(7)48-52(30)11-4;1-4-7-10(11)8-5-6-9-13(3)12-2;1-2/h9,13-15,18-21H,8,10-12,16-17,22H2,1-7H3,(H2,40,53)(H2,41,54)(H,43,45,55)(H,44,46,56);1,5,7-8,12H,6,9,11H2,2-3H3;1H2/b14-13+,23-15+,31-9+;8-5-,10-7+;. The van der Waals surface area contributed by atoms with Gasteiger partial charge in [0.25, 0.3) is 11.8 Å². The number of imidazole rings is 2. The van der Waals surface area contributed by atoms with Gasteiger partial charge in [-0.1, -0.05) is 37.0 Å². The van der Waals surface area contributed by atoms with Crippen molar-refractivity contribution < 1.29 is 28.7 Å². The van der Waals surface area contributed by atoms with E-state index in [1.165, 1.54) is 30.5 Å². The molecule has 384 valence electrons. The first-order chi connectivity index (χ1) is 34.5. The molecule has 0 saturated heterocycles. The minimum absolute atomic E-state index is 0.165. The zero-order valence-electron chi connectivity index (χ0n) is 42.7. The number of ether oxygens (including phenoxy) is 1. The Morgan fingerprint density at radius 2 is 1.53 bits per heavy atom. The summed E-state index contributed by atoms with van der Waals surface area (Å²) in [6.07, 6.45) is 20.8. The molecule has 4 amide bonds. The fraction of sp³-hybridized carbons (Fsp3) is 0.360. The van der Waals surface area contributed by atoms with Gasteiger partial charge in [-0.15, -0.1) is 6.42 Å². The molecule has 0 unspecified atom stereocenters. The summed E-state index contributed by atoms with van der Waals surface area (Å²) >= 11 is 0. The number of hydrogen-bond acceptors (Lipinski definition) is 14. The lowest BCUT2D eigenvalue weighted by atomic mass is 10.2. The number of allylic oxidation sites excluding steroid dienone is 5. The number of fused-ring (bicyclic) bond motifs is 1. The number of nitrogens with one attached hydrogen (secondary N) is 3. The van der Waals surface area contributed by atoms with Crippen molar-refractivity contribution in [2.24, 2.45) is 17.2 Å². The van der Waals surface area contributed by atoms with Crippen LogP contribution in [0.2, 0.25) is 0 Å². The predicted octanol–water partition coefficient (Wildman–Crippen LogP) is 4.89. The first-order valence-corrected chi connectivity index (χ1v) is 23.1. The molecular formula is C50H68N16O6. The number of amides is 4. The van der Waals surface area contributed by atoms with Gasteiger partial charge >= 0.3 is 0 Å². The van der Waals surface area contributed by atoms with Gasteiger partial charge in [0, 0.05) is 63.8 Å². The van der Waals surface area contributed by atoms with Gasteiger partial charge < -0.3 is 31.3 Å². The molecule has 0 atom stereocenters. The van der Waals surface area contributed by atoms with Crippen molar-refractivity contribution in [3.63, 3.8) is 0 Å². The second-order valence-electron chi connectivity index (χ2n) is 15.9. The summed E-state index contributed by atoms with van der Waals surface area (Å²) in [5, 5.41) is 16.6. The lowest BCUT2D eigenvalue weighted by Crippen LogP contribution is -2.31. The van der Waals surface area contributed by atoms with Gasteiger partial charge in [0.05, 0.1) is 29.3 Å². The van der Waals surface area contributed by atoms with E-state index < -0.39 is 23.6 Å². The van der Waals surface area contributed by atoms with Gasteiger partial charge in [-0.05, 0) is 97.9 Å². The van der Waals surface area contributed by atoms with E-state index in [1.54, 1.807) is 43.6 Å². The van der Waals surface area contributed by atoms with Crippen molar-refractivity contribution in [1.29, 1.82) is 0 Å². The summed E-state index contributed by atoms with van der Waals surface area (Å²) in [7, 11) is 3.87. The molecule has 5 heterocycles. The minimum Gasteiger partial charge on any atom is -0.492 e. The maximum absolute atomic E-state index is 13.7. The summed E-state index contributed by atoms with van der Waals surface area (Å²) < 4.78 is 12.9. The van der Waals surface area contributed by atoms with Gasteiger partial charge in [-0.2, -0.15) is 10.2 Å². The molecule has 22 nitrogen and oxygen atoms in total. The Kier molecular flexibility index (Phi) is 23.3. The Hall–Kier alpha value is -8.42. The van der Waals surface area contributed by atoms with Crippen molar-refractivity contribution in [3.8, 4) is 12.3 Å². The van der Waals surface area contributed by atoms with E-state index in [0.29, 0.717) is 76.5 Å². The molecule has 0 bridgehead atoms. The first kappa shape index (κ1) is 57.9. The summed E-state index contributed by atoms with van der Waals surface area (Å²) in [6, 6.07) is 4.90. The third-order valence-corrected chi connectivity index (χ3v) is 10.4. The normalized spacial score (nSPS) is 11.9. The zero-order valence-corrected chi connectivity index (χ0v) is 42.7. The number of hydrogen-bond donors (Lipinski definition) is 6. The molecule has 0 aliphatic heterocycles. The summed E-state index contributed by atoms with van der Waals surface area (Å²) in [6.45, 7) is 17.9. The van der Waals surface area contributed by atoms with Crippen LogP contribution in [0.3, 0.4) is 0 Å². The SMILES string of the molecule is C#C/C=C(N)\C=C/CCN(C)NC.C/C=C(/OCCCC)c1c(/C=C/C(N)=O)nc(NC(=O)c2cc(C)nn2CC)n1C/C=C(\C)Cn1c(NC(=O)c2cc(C)nn2CC)nc2cc(C(N)=O)cnc21.C=O. The van der Waals surface area contributed by atoms with Gasteiger partial charge in [0.15, 0.2) is 5.65 Å². The quantitative estimate of drug-likeness (QED) is 0.00966. The lowest BCUT2D eigenvalue weighted by Gasteiger charge is -2.16. The van der Waals surface area contributed by atoms with Gasteiger partial charge in [0.2, 0.25) is 23.7 Å². The molecule has 72 heavy (non-hydrogen) atoms. The number of aryl methyl sites for hydroxylation is 4. The van der Waals surface area contributed by atoms with E-state index >= 15 is 0 Å². The molecule has 0 radical (unpaired) electrons. The molecule has 0 aliphatic rings. The molecular weight excluding hydrogens is 921 g/mol. The topological polar surface area (TPSA) is 296 Å². The van der Waals surface area contributed by atoms with Crippen molar-refractivity contribution in [2.75, 3.05) is 37.9 Å². The van der Waals surface area contributed by atoms with Gasteiger partial charge in [-0.3, -0.25) is 49.2 Å². The number of anilines is 2. The number of carbonyl (C=O) groups excluding carboxylic acids is 5. The number of hydrazine groups is 1. The van der Waals surface area contributed by atoms with Crippen molar-refractivity contribution in [1.82, 2.24) is 54.1 Å². The summed E-state index contributed by atoms with van der Waals surface area (Å²) in [5.41, 5.74) is 24.8. The van der Waals surface area contributed by atoms with Crippen LogP contribution in [0.5, 0.6) is 0 Å². The maximum Gasteiger partial charge on any atom is 0.276 e. The monoisotopic (exact) mass is 989 g/mol. The number of rotatable bonds is 23. The zero-order chi connectivity index (χ0) is 53.5. The van der Waals surface area contributed by atoms with Crippen LogP contribution in [0, 0.1) is 26.2 Å². The van der Waals surface area contributed by atoms with E-state index in [2.05, 4.69) is 49.1 Å². The molecule has 22 heteroatoms. The second-order valence-corrected chi connectivity index (χ2v) is 15.9. The molecule has 0 fully saturated rings. The summed E-state index contributed by atoms with van der Waals surface area (Å²) in [5.74, 6) is 1.04. The molecule has 5 rings (SSSR count). The molecule has 0 aromatic carbocycles. The van der Waals surface area contributed by atoms with Gasteiger partial charge in [0.1, 0.15) is 35.1 Å². The van der Waals surface area contributed by atoms with Crippen LogP contribution in [-0.2, 0) is 40.5 Å². The van der Waals surface area contributed by atoms with Crippen LogP contribution >= 0.6 is 0 Å². The predicted molar refractivity (Wildman–Crippen MR) is 280 cm³/mol. The third kappa shape index (κ3) is 16.3. The Balaban J connectivity index is 0.000000793. The maximum atomic E-state index is 13.7. The van der Waals surface area contributed by atoms with E-state index in [1.807, 2.05) is 78.7 Å². The molecule has 0 aliphatic carbocycles. The average Bonchev–Trinajstić information content (AvgIpc) is 4.13. The molecule has 5 aromatic heterocycles. The number of nitrogens with zero attached hydrogens (tertiary/aromatic N) is 10. The number of unbranched alkanes of at least 4 members (excludes halogenated alkanes) is 1. The molecule has 0 spiro atoms. The molecule has 5 aromatic rings. The van der Waals surface area contributed by atoms with E-state index in [4.69, 9.17) is 38.1 Å². The highest BCUT2D eigenvalue weighted by molar-refractivity contribution is 6.04. The number of aromatic nitrogens is 9. The van der Waals surface area contributed by atoms with Crippen LogP contribution in [0.1, 0.15) is 108 Å². The number of primary amides is 2. The molecule has 9 N–H and O–H groups in total. The second kappa shape index (κ2) is 28.9. The van der Waals surface area contributed by atoms with Crippen LogP contribution in [-0.4, -0.2) is 106 Å². The highest BCUT2D eigenvalue weighted by Gasteiger charge is 2.24. The Morgan fingerprint density at radius 1 is 0.917 bits per heavy atom. The summed E-state index contributed by atoms with van der Waals surface area (Å²) in [4.78, 5) is 73.1.